The molecular formula is C12H16N2O. The van der Waals surface area contributed by atoms with Gasteiger partial charge in [0.05, 0.1) is 11.4 Å². The van der Waals surface area contributed by atoms with Crippen molar-refractivity contribution >= 4 is 17.3 Å². The lowest BCUT2D eigenvalue weighted by molar-refractivity contribution is -0.119. The van der Waals surface area contributed by atoms with Crippen molar-refractivity contribution in [2.24, 2.45) is 0 Å². The first-order chi connectivity index (χ1) is 6.92. The van der Waals surface area contributed by atoms with Gasteiger partial charge in [-0.05, 0) is 44.9 Å². The van der Waals surface area contributed by atoms with Gasteiger partial charge < -0.3 is 10.6 Å². The third kappa shape index (κ3) is 1.48. The molecule has 80 valence electrons. The molecule has 0 aliphatic carbocycles. The van der Waals surface area contributed by atoms with E-state index in [1.165, 1.54) is 11.1 Å². The molecule has 15 heavy (non-hydrogen) atoms. The first kappa shape index (κ1) is 10.0. The van der Waals surface area contributed by atoms with Crippen molar-refractivity contribution in [3.63, 3.8) is 0 Å². The SMILES string of the molecule is Cc1ccc2c(c1C)NC(C)(C)C(=O)N2. The van der Waals surface area contributed by atoms with Crippen LogP contribution in [0.15, 0.2) is 12.1 Å². The third-order valence-electron chi connectivity index (χ3n) is 2.99. The quantitative estimate of drug-likeness (QED) is 0.681. The Morgan fingerprint density at radius 3 is 2.53 bits per heavy atom. The molecule has 1 aromatic rings. The fourth-order valence-corrected chi connectivity index (χ4v) is 1.73. The Bertz CT molecular complexity index is 435. The molecule has 0 fully saturated rings. The first-order valence-electron chi connectivity index (χ1n) is 5.11. The summed E-state index contributed by atoms with van der Waals surface area (Å²) in [5.74, 6) is 0.0123. The Labute approximate surface area is 89.9 Å². The van der Waals surface area contributed by atoms with E-state index in [4.69, 9.17) is 0 Å². The number of aryl methyl sites for hydroxylation is 1. The van der Waals surface area contributed by atoms with Crippen LogP contribution in [-0.4, -0.2) is 11.4 Å². The number of anilines is 2. The van der Waals surface area contributed by atoms with E-state index in [0.29, 0.717) is 0 Å². The van der Waals surface area contributed by atoms with E-state index in [1.54, 1.807) is 0 Å². The van der Waals surface area contributed by atoms with Gasteiger partial charge in [0.2, 0.25) is 5.91 Å². The zero-order valence-corrected chi connectivity index (χ0v) is 9.56. The third-order valence-corrected chi connectivity index (χ3v) is 2.99. The zero-order valence-electron chi connectivity index (χ0n) is 9.56. The summed E-state index contributed by atoms with van der Waals surface area (Å²) in [6.07, 6.45) is 0. The summed E-state index contributed by atoms with van der Waals surface area (Å²) in [6, 6.07) is 3.96. The van der Waals surface area contributed by atoms with Crippen LogP contribution in [0.1, 0.15) is 25.0 Å². The van der Waals surface area contributed by atoms with Crippen LogP contribution in [0.25, 0.3) is 0 Å². The van der Waals surface area contributed by atoms with Crippen LogP contribution < -0.4 is 10.6 Å². The smallest absolute Gasteiger partial charge is 0.249 e. The Hall–Kier alpha value is -1.51. The average Bonchev–Trinajstić information content (AvgIpc) is 2.15. The molecule has 1 aromatic carbocycles. The van der Waals surface area contributed by atoms with Gasteiger partial charge in [0.25, 0.3) is 0 Å². The molecule has 0 aromatic heterocycles. The largest absolute Gasteiger partial charge is 0.370 e. The normalized spacial score (nSPS) is 17.7. The molecule has 0 radical (unpaired) electrons. The highest BCUT2D eigenvalue weighted by Crippen LogP contribution is 2.34. The number of nitrogens with one attached hydrogen (secondary N) is 2. The van der Waals surface area contributed by atoms with E-state index >= 15 is 0 Å². The predicted octanol–water partition coefficient (Wildman–Crippen LogP) is 2.45. The molecule has 0 saturated carbocycles. The minimum atomic E-state index is -0.536. The maximum Gasteiger partial charge on any atom is 0.249 e. The molecule has 0 unspecified atom stereocenters. The van der Waals surface area contributed by atoms with Gasteiger partial charge in [-0.1, -0.05) is 6.07 Å². The number of benzene rings is 1. The summed E-state index contributed by atoms with van der Waals surface area (Å²) in [4.78, 5) is 11.7. The highest BCUT2D eigenvalue weighted by atomic mass is 16.2. The maximum absolute atomic E-state index is 11.7. The van der Waals surface area contributed by atoms with E-state index in [-0.39, 0.29) is 5.91 Å². The minimum Gasteiger partial charge on any atom is -0.370 e. The van der Waals surface area contributed by atoms with Crippen LogP contribution in [0.2, 0.25) is 0 Å². The van der Waals surface area contributed by atoms with Gasteiger partial charge in [-0.25, -0.2) is 0 Å². The number of rotatable bonds is 0. The molecule has 0 saturated heterocycles. The Kier molecular flexibility index (Phi) is 2.00. The van der Waals surface area contributed by atoms with Crippen LogP contribution in [0, 0.1) is 13.8 Å². The molecular weight excluding hydrogens is 188 g/mol. The van der Waals surface area contributed by atoms with E-state index < -0.39 is 5.54 Å². The summed E-state index contributed by atoms with van der Waals surface area (Å²) in [6.45, 7) is 7.90. The van der Waals surface area contributed by atoms with Crippen molar-refractivity contribution in [1.29, 1.82) is 0 Å². The molecule has 0 atom stereocenters. The summed E-state index contributed by atoms with van der Waals surface area (Å²) < 4.78 is 0. The molecule has 1 aliphatic rings. The summed E-state index contributed by atoms with van der Waals surface area (Å²) in [5.41, 5.74) is 3.81. The molecule has 1 aliphatic heterocycles. The number of fused-ring (bicyclic) bond motifs is 1. The van der Waals surface area contributed by atoms with Gasteiger partial charge in [0, 0.05) is 0 Å². The topological polar surface area (TPSA) is 41.1 Å². The first-order valence-corrected chi connectivity index (χ1v) is 5.11. The molecule has 1 amide bonds. The average molecular weight is 204 g/mol. The minimum absolute atomic E-state index is 0.0123. The number of carbonyl (C=O) groups excluding carboxylic acids is 1. The Balaban J connectivity index is 2.56. The van der Waals surface area contributed by atoms with E-state index in [9.17, 15) is 4.79 Å². The fraction of sp³-hybridized carbons (Fsp3) is 0.417. The number of hydrogen-bond acceptors (Lipinski definition) is 2. The van der Waals surface area contributed by atoms with Crippen molar-refractivity contribution in [2.45, 2.75) is 33.2 Å². The monoisotopic (exact) mass is 204 g/mol. The Morgan fingerprint density at radius 2 is 1.87 bits per heavy atom. The van der Waals surface area contributed by atoms with Gasteiger partial charge in [-0.3, -0.25) is 4.79 Å². The van der Waals surface area contributed by atoms with Crippen LogP contribution in [0.4, 0.5) is 11.4 Å². The lowest BCUT2D eigenvalue weighted by Gasteiger charge is -2.34. The van der Waals surface area contributed by atoms with Crippen molar-refractivity contribution < 1.29 is 4.79 Å². The summed E-state index contributed by atoms with van der Waals surface area (Å²) in [7, 11) is 0. The molecule has 3 nitrogen and oxygen atoms in total. The summed E-state index contributed by atoms with van der Waals surface area (Å²) >= 11 is 0. The van der Waals surface area contributed by atoms with Crippen LogP contribution in [-0.2, 0) is 4.79 Å². The van der Waals surface area contributed by atoms with E-state index in [0.717, 1.165) is 11.4 Å². The van der Waals surface area contributed by atoms with E-state index in [2.05, 4.69) is 24.5 Å². The fourth-order valence-electron chi connectivity index (χ4n) is 1.73. The predicted molar refractivity (Wildman–Crippen MR) is 62.2 cm³/mol. The van der Waals surface area contributed by atoms with Crippen molar-refractivity contribution in [2.75, 3.05) is 10.6 Å². The van der Waals surface area contributed by atoms with Crippen molar-refractivity contribution in [3.8, 4) is 0 Å². The second kappa shape index (κ2) is 2.99. The van der Waals surface area contributed by atoms with Gasteiger partial charge in [-0.15, -0.1) is 0 Å². The highest BCUT2D eigenvalue weighted by molar-refractivity contribution is 6.06. The molecule has 2 N–H and O–H groups in total. The molecule has 2 rings (SSSR count). The van der Waals surface area contributed by atoms with Crippen molar-refractivity contribution in [1.82, 2.24) is 0 Å². The van der Waals surface area contributed by atoms with Gasteiger partial charge in [0.15, 0.2) is 0 Å². The number of amides is 1. The highest BCUT2D eigenvalue weighted by Gasteiger charge is 2.33. The second-order valence-corrected chi connectivity index (χ2v) is 4.63. The lowest BCUT2D eigenvalue weighted by atomic mass is 9.96. The van der Waals surface area contributed by atoms with Gasteiger partial charge in [-0.2, -0.15) is 0 Å². The van der Waals surface area contributed by atoms with Gasteiger partial charge >= 0.3 is 0 Å². The van der Waals surface area contributed by atoms with Gasteiger partial charge in [0.1, 0.15) is 5.54 Å². The second-order valence-electron chi connectivity index (χ2n) is 4.63. The Morgan fingerprint density at radius 1 is 1.20 bits per heavy atom. The number of hydrogen-bond donors (Lipinski definition) is 2. The molecule has 1 heterocycles. The zero-order chi connectivity index (χ0) is 11.2. The molecule has 0 spiro atoms. The van der Waals surface area contributed by atoms with Crippen LogP contribution in [0.5, 0.6) is 0 Å². The molecule has 0 bridgehead atoms. The summed E-state index contributed by atoms with van der Waals surface area (Å²) in [5, 5.41) is 6.20. The van der Waals surface area contributed by atoms with Crippen molar-refractivity contribution in [3.05, 3.63) is 23.3 Å². The standard InChI is InChI=1S/C12H16N2O/c1-7-5-6-9-10(8(7)2)14-12(3,4)11(15)13-9/h5-6,14H,1-4H3,(H,13,15). The van der Waals surface area contributed by atoms with Crippen LogP contribution in [0.3, 0.4) is 0 Å². The lowest BCUT2D eigenvalue weighted by Crippen LogP contribution is -2.47. The number of carbonyl (C=O) groups is 1. The maximum atomic E-state index is 11.7. The van der Waals surface area contributed by atoms with Crippen LogP contribution >= 0.6 is 0 Å². The van der Waals surface area contributed by atoms with E-state index in [1.807, 2.05) is 26.0 Å². The molecule has 3 heteroatoms.